The molecule has 1 saturated heterocycles. The summed E-state index contributed by atoms with van der Waals surface area (Å²) in [6.07, 6.45) is 4.29. The molecule has 5 heteroatoms. The fourth-order valence-corrected chi connectivity index (χ4v) is 2.37. The maximum Gasteiger partial charge on any atom is 0.223 e. The highest BCUT2D eigenvalue weighted by Gasteiger charge is 2.17. The van der Waals surface area contributed by atoms with Crippen molar-refractivity contribution >= 4 is 5.91 Å². The van der Waals surface area contributed by atoms with Gasteiger partial charge in [0.05, 0.1) is 0 Å². The van der Waals surface area contributed by atoms with Gasteiger partial charge < -0.3 is 20.4 Å². The topological polar surface area (TPSA) is 52.8 Å². The molecule has 0 aromatic carbocycles. The fraction of sp³-hybridized carbons (Fsp3) is 0.929. The predicted octanol–water partition coefficient (Wildman–Crippen LogP) is 0.211. The van der Waals surface area contributed by atoms with Crippen LogP contribution in [0, 0.1) is 0 Å². The number of hydrogen-bond donors (Lipinski definition) is 1. The Balaban J connectivity index is 2.06. The van der Waals surface area contributed by atoms with E-state index >= 15 is 0 Å². The van der Waals surface area contributed by atoms with Gasteiger partial charge in [-0.3, -0.25) is 4.79 Å². The molecule has 1 fully saturated rings. The van der Waals surface area contributed by atoms with Gasteiger partial charge >= 0.3 is 0 Å². The summed E-state index contributed by atoms with van der Waals surface area (Å²) >= 11 is 0. The molecule has 0 bridgehead atoms. The smallest absolute Gasteiger partial charge is 0.223 e. The van der Waals surface area contributed by atoms with E-state index in [-0.39, 0.29) is 5.91 Å². The van der Waals surface area contributed by atoms with Gasteiger partial charge in [0, 0.05) is 53.2 Å². The van der Waals surface area contributed by atoms with Gasteiger partial charge in [-0.2, -0.15) is 0 Å². The molecule has 19 heavy (non-hydrogen) atoms. The molecular formula is C14H30N4O. The summed E-state index contributed by atoms with van der Waals surface area (Å²) in [4.78, 5) is 18.1. The number of hydrogen-bond acceptors (Lipinski definition) is 4. The Hall–Kier alpha value is -0.650. The first-order valence-electron chi connectivity index (χ1n) is 7.48. The van der Waals surface area contributed by atoms with Crippen LogP contribution in [0.15, 0.2) is 0 Å². The number of unbranched alkanes of at least 4 members (excludes halogenated alkanes) is 2. The van der Waals surface area contributed by atoms with Crippen molar-refractivity contribution in [1.29, 1.82) is 0 Å². The minimum atomic E-state index is 0.226. The lowest BCUT2D eigenvalue weighted by molar-refractivity contribution is -0.129. The average Bonchev–Trinajstić information content (AvgIpc) is 2.42. The molecule has 0 aromatic heterocycles. The maximum absolute atomic E-state index is 11.5. The minimum absolute atomic E-state index is 0.226. The molecule has 1 aliphatic rings. The number of piperazine rings is 1. The van der Waals surface area contributed by atoms with Gasteiger partial charge in [-0.15, -0.1) is 0 Å². The zero-order valence-electron chi connectivity index (χ0n) is 12.6. The Bertz CT molecular complexity index is 250. The Labute approximate surface area is 117 Å². The Morgan fingerprint density at radius 3 is 2.11 bits per heavy atom. The molecule has 2 N–H and O–H groups in total. The van der Waals surface area contributed by atoms with E-state index in [2.05, 4.69) is 9.80 Å². The van der Waals surface area contributed by atoms with Crippen LogP contribution in [0.3, 0.4) is 0 Å². The molecule has 5 nitrogen and oxygen atoms in total. The molecule has 112 valence electrons. The molecule has 0 atom stereocenters. The first-order valence-corrected chi connectivity index (χ1v) is 7.48. The Morgan fingerprint density at radius 1 is 1.00 bits per heavy atom. The van der Waals surface area contributed by atoms with Gasteiger partial charge in [0.15, 0.2) is 0 Å². The van der Waals surface area contributed by atoms with Crippen molar-refractivity contribution in [2.75, 3.05) is 59.9 Å². The first kappa shape index (κ1) is 16.4. The average molecular weight is 270 g/mol. The molecule has 0 radical (unpaired) electrons. The van der Waals surface area contributed by atoms with E-state index in [1.807, 2.05) is 14.1 Å². The summed E-state index contributed by atoms with van der Waals surface area (Å²) in [5, 5.41) is 0. The largest absolute Gasteiger partial charge is 0.349 e. The van der Waals surface area contributed by atoms with E-state index in [1.54, 1.807) is 4.90 Å². The van der Waals surface area contributed by atoms with Crippen LogP contribution in [0.4, 0.5) is 0 Å². The highest BCUT2D eigenvalue weighted by molar-refractivity contribution is 5.75. The minimum Gasteiger partial charge on any atom is -0.349 e. The zero-order valence-corrected chi connectivity index (χ0v) is 12.6. The zero-order chi connectivity index (χ0) is 14.1. The third-order valence-corrected chi connectivity index (χ3v) is 3.78. The van der Waals surface area contributed by atoms with E-state index < -0.39 is 0 Å². The predicted molar refractivity (Wildman–Crippen MR) is 79.1 cm³/mol. The lowest BCUT2D eigenvalue weighted by Gasteiger charge is -2.34. The molecular weight excluding hydrogens is 240 g/mol. The second-order valence-electron chi connectivity index (χ2n) is 5.57. The number of amides is 1. The number of carbonyl (C=O) groups excluding carboxylic acids is 1. The van der Waals surface area contributed by atoms with E-state index in [9.17, 15) is 4.79 Å². The summed E-state index contributed by atoms with van der Waals surface area (Å²) < 4.78 is 0. The van der Waals surface area contributed by atoms with Crippen LogP contribution in [-0.2, 0) is 4.79 Å². The van der Waals surface area contributed by atoms with Crippen LogP contribution in [0.2, 0.25) is 0 Å². The molecule has 1 amide bonds. The first-order chi connectivity index (χ1) is 9.13. The van der Waals surface area contributed by atoms with Crippen molar-refractivity contribution in [3.05, 3.63) is 0 Å². The van der Waals surface area contributed by atoms with Crippen LogP contribution in [-0.4, -0.2) is 80.5 Å². The molecule has 0 spiro atoms. The highest BCUT2D eigenvalue weighted by atomic mass is 16.2. The van der Waals surface area contributed by atoms with Gasteiger partial charge in [-0.05, 0) is 25.9 Å². The number of nitrogens with two attached hydrogens (primary N) is 1. The van der Waals surface area contributed by atoms with Gasteiger partial charge in [0.1, 0.15) is 0 Å². The van der Waals surface area contributed by atoms with Gasteiger partial charge in [0.25, 0.3) is 0 Å². The molecule has 0 aliphatic carbocycles. The van der Waals surface area contributed by atoms with Gasteiger partial charge in [-0.1, -0.05) is 6.42 Å². The second kappa shape index (κ2) is 9.28. The van der Waals surface area contributed by atoms with Crippen LogP contribution in [0.25, 0.3) is 0 Å². The van der Waals surface area contributed by atoms with Crippen LogP contribution >= 0.6 is 0 Å². The molecule has 0 saturated carbocycles. The molecule has 1 heterocycles. The van der Waals surface area contributed by atoms with Crippen molar-refractivity contribution in [3.8, 4) is 0 Å². The lowest BCUT2D eigenvalue weighted by atomic mass is 10.2. The lowest BCUT2D eigenvalue weighted by Crippen LogP contribution is -2.47. The van der Waals surface area contributed by atoms with Gasteiger partial charge in [0.2, 0.25) is 5.91 Å². The summed E-state index contributed by atoms with van der Waals surface area (Å²) in [6, 6.07) is 0. The second-order valence-corrected chi connectivity index (χ2v) is 5.57. The third kappa shape index (κ3) is 6.89. The van der Waals surface area contributed by atoms with Crippen molar-refractivity contribution in [2.45, 2.75) is 25.7 Å². The number of rotatable bonds is 8. The van der Waals surface area contributed by atoms with Crippen molar-refractivity contribution < 1.29 is 4.79 Å². The van der Waals surface area contributed by atoms with E-state index in [0.29, 0.717) is 6.42 Å². The van der Waals surface area contributed by atoms with Crippen LogP contribution in [0.5, 0.6) is 0 Å². The van der Waals surface area contributed by atoms with E-state index in [4.69, 9.17) is 5.73 Å². The van der Waals surface area contributed by atoms with Crippen molar-refractivity contribution in [2.24, 2.45) is 5.73 Å². The normalized spacial score (nSPS) is 17.6. The summed E-state index contributed by atoms with van der Waals surface area (Å²) in [7, 11) is 3.64. The SMILES string of the molecule is CN(C)C(=O)CCN1CCN(CCCCCN)CC1. The molecule has 1 aliphatic heterocycles. The highest BCUT2D eigenvalue weighted by Crippen LogP contribution is 2.05. The standard InChI is InChI=1S/C14H30N4O/c1-16(2)14(19)6-9-18-12-10-17(11-13-18)8-5-3-4-7-15/h3-13,15H2,1-2H3. The quantitative estimate of drug-likeness (QED) is 0.641. The molecule has 0 aromatic rings. The monoisotopic (exact) mass is 270 g/mol. The number of carbonyl (C=O) groups is 1. The van der Waals surface area contributed by atoms with E-state index in [0.717, 1.165) is 45.7 Å². The molecule has 1 rings (SSSR count). The Kier molecular flexibility index (Phi) is 8.02. The van der Waals surface area contributed by atoms with Crippen molar-refractivity contribution in [1.82, 2.24) is 14.7 Å². The summed E-state index contributed by atoms with van der Waals surface area (Å²) in [6.45, 7) is 7.38. The summed E-state index contributed by atoms with van der Waals surface area (Å²) in [5.74, 6) is 0.226. The molecule has 0 unspecified atom stereocenters. The van der Waals surface area contributed by atoms with Crippen LogP contribution in [0.1, 0.15) is 25.7 Å². The maximum atomic E-state index is 11.5. The van der Waals surface area contributed by atoms with Crippen molar-refractivity contribution in [3.63, 3.8) is 0 Å². The summed E-state index contributed by atoms with van der Waals surface area (Å²) in [5.41, 5.74) is 5.49. The van der Waals surface area contributed by atoms with Gasteiger partial charge in [-0.25, -0.2) is 0 Å². The number of nitrogens with zero attached hydrogens (tertiary/aromatic N) is 3. The third-order valence-electron chi connectivity index (χ3n) is 3.78. The Morgan fingerprint density at radius 2 is 1.58 bits per heavy atom. The van der Waals surface area contributed by atoms with E-state index in [1.165, 1.54) is 19.4 Å². The fourth-order valence-electron chi connectivity index (χ4n) is 2.37. The van der Waals surface area contributed by atoms with Crippen LogP contribution < -0.4 is 5.73 Å².